The van der Waals surface area contributed by atoms with Crippen molar-refractivity contribution >= 4 is 10.0 Å². The number of alkyl halides is 2. The lowest BCUT2D eigenvalue weighted by Gasteiger charge is -2.07. The summed E-state index contributed by atoms with van der Waals surface area (Å²) < 4.78 is 46.7. The summed E-state index contributed by atoms with van der Waals surface area (Å²) >= 11 is 0. The number of primary sulfonamides is 1. The maximum atomic E-state index is 12.4. The standard InChI is InChI=1S/C7H8F2N2O3S/c1-3-4(6(8)9)2-5(12)11-7(3)15(10,13)14/h2,6H,1H3,(H,11,12)(H2,10,13,14). The molecule has 84 valence electrons. The molecule has 1 heterocycles. The number of hydrogen-bond acceptors (Lipinski definition) is 3. The second kappa shape index (κ2) is 3.70. The van der Waals surface area contributed by atoms with Crippen molar-refractivity contribution in [3.8, 4) is 0 Å². The molecule has 1 aromatic heterocycles. The number of H-pyrrole nitrogens is 1. The predicted molar refractivity (Wildman–Crippen MR) is 48.1 cm³/mol. The lowest BCUT2D eigenvalue weighted by atomic mass is 10.2. The van der Waals surface area contributed by atoms with Gasteiger partial charge in [-0.15, -0.1) is 0 Å². The number of halogens is 2. The van der Waals surface area contributed by atoms with Crippen LogP contribution in [0, 0.1) is 6.92 Å². The van der Waals surface area contributed by atoms with Crippen molar-refractivity contribution in [2.75, 3.05) is 0 Å². The molecule has 1 rings (SSSR count). The van der Waals surface area contributed by atoms with Gasteiger partial charge in [-0.3, -0.25) is 4.79 Å². The van der Waals surface area contributed by atoms with Crippen LogP contribution in [0.2, 0.25) is 0 Å². The Kier molecular flexibility index (Phi) is 2.91. The van der Waals surface area contributed by atoms with Crippen LogP contribution in [0.1, 0.15) is 17.6 Å². The van der Waals surface area contributed by atoms with Gasteiger partial charge in [-0.2, -0.15) is 0 Å². The topological polar surface area (TPSA) is 93.0 Å². The Balaban J connectivity index is 3.64. The zero-order valence-electron chi connectivity index (χ0n) is 7.62. The van der Waals surface area contributed by atoms with E-state index in [0.717, 1.165) is 6.92 Å². The van der Waals surface area contributed by atoms with Gasteiger partial charge >= 0.3 is 0 Å². The number of aromatic amines is 1. The fourth-order valence-corrected chi connectivity index (χ4v) is 1.92. The van der Waals surface area contributed by atoms with Crippen LogP contribution in [-0.4, -0.2) is 13.4 Å². The largest absolute Gasteiger partial charge is 0.312 e. The summed E-state index contributed by atoms with van der Waals surface area (Å²) in [6.45, 7) is 1.15. The van der Waals surface area contributed by atoms with E-state index in [9.17, 15) is 22.0 Å². The number of pyridine rings is 1. The molecule has 8 heteroatoms. The molecule has 0 aliphatic rings. The van der Waals surface area contributed by atoms with Crippen LogP contribution < -0.4 is 10.7 Å². The van der Waals surface area contributed by atoms with Gasteiger partial charge in [0.05, 0.1) is 0 Å². The van der Waals surface area contributed by atoms with E-state index in [0.29, 0.717) is 6.07 Å². The fourth-order valence-electron chi connectivity index (χ4n) is 1.13. The smallest absolute Gasteiger partial charge is 0.264 e. The summed E-state index contributed by atoms with van der Waals surface area (Å²) in [6, 6.07) is 0.648. The molecule has 0 amide bonds. The number of hydrogen-bond donors (Lipinski definition) is 2. The first kappa shape index (κ1) is 11.8. The third-order valence-electron chi connectivity index (χ3n) is 1.82. The average Bonchev–Trinajstić information content (AvgIpc) is 2.06. The Morgan fingerprint density at radius 3 is 2.40 bits per heavy atom. The van der Waals surface area contributed by atoms with Gasteiger partial charge in [0.15, 0.2) is 5.03 Å². The maximum absolute atomic E-state index is 12.4. The zero-order chi connectivity index (χ0) is 11.8. The Labute approximate surface area is 84.0 Å². The van der Waals surface area contributed by atoms with Gasteiger partial charge in [0.2, 0.25) is 5.56 Å². The molecule has 5 nitrogen and oxygen atoms in total. The first-order valence-corrected chi connectivity index (χ1v) is 5.33. The minimum absolute atomic E-state index is 0.243. The highest BCUT2D eigenvalue weighted by molar-refractivity contribution is 7.89. The Bertz CT molecular complexity index is 536. The minimum atomic E-state index is -4.20. The summed E-state index contributed by atoms with van der Waals surface area (Å²) in [5.41, 5.74) is -1.81. The summed E-state index contributed by atoms with van der Waals surface area (Å²) in [4.78, 5) is 12.8. The fraction of sp³-hybridized carbons (Fsp3) is 0.286. The van der Waals surface area contributed by atoms with Crippen molar-refractivity contribution in [3.05, 3.63) is 27.5 Å². The molecule has 0 aliphatic carbocycles. The van der Waals surface area contributed by atoms with Crippen LogP contribution >= 0.6 is 0 Å². The van der Waals surface area contributed by atoms with Gasteiger partial charge in [0.25, 0.3) is 16.4 Å². The molecule has 0 radical (unpaired) electrons. The lowest BCUT2D eigenvalue weighted by Crippen LogP contribution is -2.21. The Morgan fingerprint density at radius 2 is 2.00 bits per heavy atom. The average molecular weight is 238 g/mol. The van der Waals surface area contributed by atoms with Crippen molar-refractivity contribution in [2.45, 2.75) is 18.4 Å². The molecule has 0 aliphatic heterocycles. The van der Waals surface area contributed by atoms with Gasteiger partial charge in [0.1, 0.15) is 0 Å². The summed E-state index contributed by atoms with van der Waals surface area (Å²) in [7, 11) is -4.20. The van der Waals surface area contributed by atoms with Crippen LogP contribution in [0.15, 0.2) is 15.9 Å². The molecule has 0 bridgehead atoms. The van der Waals surface area contributed by atoms with Gasteiger partial charge < -0.3 is 4.98 Å². The molecule has 0 spiro atoms. The summed E-state index contributed by atoms with van der Waals surface area (Å²) in [5.74, 6) is 0. The number of sulfonamides is 1. The van der Waals surface area contributed by atoms with Gasteiger partial charge in [-0.1, -0.05) is 0 Å². The first-order chi connectivity index (χ1) is 6.73. The molecule has 0 atom stereocenters. The van der Waals surface area contributed by atoms with Gasteiger partial charge in [-0.05, 0) is 12.5 Å². The van der Waals surface area contributed by atoms with Gasteiger partial charge in [0, 0.05) is 11.6 Å². The van der Waals surface area contributed by atoms with E-state index in [1.807, 2.05) is 4.98 Å². The van der Waals surface area contributed by atoms with E-state index in [1.54, 1.807) is 0 Å². The number of nitrogens with two attached hydrogens (primary N) is 1. The molecule has 0 unspecified atom stereocenters. The van der Waals surface area contributed by atoms with Crippen molar-refractivity contribution in [3.63, 3.8) is 0 Å². The monoisotopic (exact) mass is 238 g/mol. The van der Waals surface area contributed by atoms with E-state index in [1.165, 1.54) is 0 Å². The third kappa shape index (κ3) is 2.39. The molecule has 0 saturated carbocycles. The van der Waals surface area contributed by atoms with E-state index >= 15 is 0 Å². The number of aromatic nitrogens is 1. The summed E-state index contributed by atoms with van der Waals surface area (Å²) in [5, 5.41) is 4.08. The number of rotatable bonds is 2. The van der Waals surface area contributed by atoms with E-state index in [-0.39, 0.29) is 5.56 Å². The Morgan fingerprint density at radius 1 is 1.47 bits per heavy atom. The van der Waals surface area contributed by atoms with Crippen LogP contribution in [0.3, 0.4) is 0 Å². The highest BCUT2D eigenvalue weighted by Gasteiger charge is 2.20. The molecule has 0 aromatic carbocycles. The predicted octanol–water partition coefficient (Wildman–Crippen LogP) is 0.268. The normalized spacial score (nSPS) is 12.1. The van der Waals surface area contributed by atoms with Crippen molar-refractivity contribution in [1.29, 1.82) is 0 Å². The molecular formula is C7H8F2N2O3S. The molecule has 0 saturated heterocycles. The van der Waals surface area contributed by atoms with Crippen LogP contribution in [0.25, 0.3) is 0 Å². The van der Waals surface area contributed by atoms with E-state index in [2.05, 4.69) is 0 Å². The van der Waals surface area contributed by atoms with Gasteiger partial charge in [-0.25, -0.2) is 22.3 Å². The van der Waals surface area contributed by atoms with Crippen LogP contribution in [0.5, 0.6) is 0 Å². The zero-order valence-corrected chi connectivity index (χ0v) is 8.44. The quantitative estimate of drug-likeness (QED) is 0.774. The van der Waals surface area contributed by atoms with E-state index in [4.69, 9.17) is 5.14 Å². The first-order valence-electron chi connectivity index (χ1n) is 3.78. The number of nitrogens with one attached hydrogen (secondary N) is 1. The molecule has 3 N–H and O–H groups in total. The van der Waals surface area contributed by atoms with Crippen molar-refractivity contribution in [1.82, 2.24) is 4.98 Å². The highest BCUT2D eigenvalue weighted by Crippen LogP contribution is 2.23. The third-order valence-corrected chi connectivity index (χ3v) is 2.79. The SMILES string of the molecule is Cc1c(C(F)F)cc(=O)[nH]c1S(N)(=O)=O. The second-order valence-electron chi connectivity index (χ2n) is 2.89. The molecule has 0 fully saturated rings. The maximum Gasteiger partial charge on any atom is 0.264 e. The second-order valence-corrected chi connectivity index (χ2v) is 4.39. The molecule has 15 heavy (non-hydrogen) atoms. The molecular weight excluding hydrogens is 230 g/mol. The Hall–Kier alpha value is -1.28. The van der Waals surface area contributed by atoms with Crippen LogP contribution in [0.4, 0.5) is 8.78 Å². The van der Waals surface area contributed by atoms with Crippen LogP contribution in [-0.2, 0) is 10.0 Å². The molecule has 1 aromatic rings. The highest BCUT2D eigenvalue weighted by atomic mass is 32.2. The van der Waals surface area contributed by atoms with Crippen molar-refractivity contribution in [2.24, 2.45) is 5.14 Å². The lowest BCUT2D eigenvalue weighted by molar-refractivity contribution is 0.150. The van der Waals surface area contributed by atoms with E-state index < -0.39 is 32.6 Å². The summed E-state index contributed by atoms with van der Waals surface area (Å²) in [6.07, 6.45) is -2.92. The van der Waals surface area contributed by atoms with Crippen molar-refractivity contribution < 1.29 is 17.2 Å². The minimum Gasteiger partial charge on any atom is -0.312 e.